The van der Waals surface area contributed by atoms with Gasteiger partial charge >= 0.3 is 0 Å². The molecule has 0 bridgehead atoms. The number of aromatic hydroxyl groups is 1. The third-order valence-electron chi connectivity index (χ3n) is 1.74. The van der Waals surface area contributed by atoms with Crippen LogP contribution in [0, 0.1) is 0 Å². The van der Waals surface area contributed by atoms with Crippen molar-refractivity contribution in [3.8, 4) is 11.5 Å². The molecule has 1 N–H and O–H groups in total. The van der Waals surface area contributed by atoms with Crippen molar-refractivity contribution in [3.05, 3.63) is 29.3 Å². The van der Waals surface area contributed by atoms with Gasteiger partial charge in [0.2, 0.25) is 0 Å². The van der Waals surface area contributed by atoms with Crippen LogP contribution in [0.15, 0.2) is 23.8 Å². The largest absolute Gasteiger partial charge is 0.504 e. The minimum Gasteiger partial charge on any atom is -0.504 e. The third-order valence-corrected chi connectivity index (χ3v) is 1.74. The van der Waals surface area contributed by atoms with Crippen molar-refractivity contribution in [2.75, 3.05) is 6.61 Å². The van der Waals surface area contributed by atoms with Crippen molar-refractivity contribution < 1.29 is 9.84 Å². The fraction of sp³-hybridized carbons (Fsp3) is 0.333. The smallest absolute Gasteiger partial charge is 0.161 e. The maximum atomic E-state index is 9.45. The second kappa shape index (κ2) is 4.70. The fourth-order valence-corrected chi connectivity index (χ4v) is 1.22. The van der Waals surface area contributed by atoms with Gasteiger partial charge in [0.1, 0.15) is 0 Å². The van der Waals surface area contributed by atoms with Crippen molar-refractivity contribution in [2.24, 2.45) is 0 Å². The second-order valence-electron chi connectivity index (χ2n) is 3.38. The maximum absolute atomic E-state index is 9.45. The van der Waals surface area contributed by atoms with Gasteiger partial charge in [-0.15, -0.1) is 0 Å². The zero-order valence-corrected chi connectivity index (χ0v) is 8.87. The Morgan fingerprint density at radius 2 is 2.14 bits per heavy atom. The van der Waals surface area contributed by atoms with E-state index in [2.05, 4.69) is 0 Å². The van der Waals surface area contributed by atoms with Crippen LogP contribution < -0.4 is 4.74 Å². The molecule has 2 nitrogen and oxygen atoms in total. The van der Waals surface area contributed by atoms with Crippen LogP contribution in [-0.2, 0) is 0 Å². The highest BCUT2D eigenvalue weighted by Crippen LogP contribution is 2.27. The lowest BCUT2D eigenvalue weighted by Crippen LogP contribution is -1.92. The second-order valence-corrected chi connectivity index (χ2v) is 3.38. The van der Waals surface area contributed by atoms with E-state index in [1.165, 1.54) is 5.57 Å². The monoisotopic (exact) mass is 192 g/mol. The summed E-state index contributed by atoms with van der Waals surface area (Å²) < 4.78 is 5.28. The van der Waals surface area contributed by atoms with Crippen LogP contribution in [0.2, 0.25) is 0 Å². The molecule has 76 valence electrons. The Balaban J connectivity index is 3.00. The molecule has 0 heterocycles. The quantitative estimate of drug-likeness (QED) is 0.796. The molecular weight excluding hydrogens is 176 g/mol. The minimum atomic E-state index is 0.192. The molecule has 0 saturated heterocycles. The summed E-state index contributed by atoms with van der Waals surface area (Å²) in [5.74, 6) is 0.736. The highest BCUT2D eigenvalue weighted by Gasteiger charge is 2.01. The highest BCUT2D eigenvalue weighted by atomic mass is 16.5. The number of phenols is 1. The molecular formula is C12H16O2. The first-order valence-electron chi connectivity index (χ1n) is 4.74. The van der Waals surface area contributed by atoms with Crippen molar-refractivity contribution in [1.29, 1.82) is 0 Å². The Labute approximate surface area is 84.8 Å². The van der Waals surface area contributed by atoms with E-state index in [9.17, 15) is 5.11 Å². The normalized spacial score (nSPS) is 9.64. The molecule has 0 aliphatic rings. The van der Waals surface area contributed by atoms with Crippen molar-refractivity contribution >= 4 is 6.08 Å². The highest BCUT2D eigenvalue weighted by molar-refractivity contribution is 5.57. The van der Waals surface area contributed by atoms with E-state index in [4.69, 9.17) is 4.74 Å². The number of hydrogen-bond acceptors (Lipinski definition) is 2. The Morgan fingerprint density at radius 3 is 2.71 bits per heavy atom. The van der Waals surface area contributed by atoms with E-state index in [1.807, 2.05) is 39.0 Å². The molecule has 2 heteroatoms. The van der Waals surface area contributed by atoms with E-state index in [-0.39, 0.29) is 5.75 Å². The minimum absolute atomic E-state index is 0.192. The Morgan fingerprint density at radius 1 is 1.43 bits per heavy atom. The first-order chi connectivity index (χ1) is 6.63. The van der Waals surface area contributed by atoms with Gasteiger partial charge in [-0.3, -0.25) is 0 Å². The molecule has 0 unspecified atom stereocenters. The van der Waals surface area contributed by atoms with Gasteiger partial charge in [-0.25, -0.2) is 0 Å². The molecule has 0 aromatic heterocycles. The number of rotatable bonds is 3. The standard InChI is InChI=1S/C12H16O2/c1-4-14-12-8-10(7-9(2)3)5-6-11(12)13/h5-8,13H,4H2,1-3H3. The Kier molecular flexibility index (Phi) is 3.57. The zero-order chi connectivity index (χ0) is 10.6. The van der Waals surface area contributed by atoms with Gasteiger partial charge in [0, 0.05) is 0 Å². The van der Waals surface area contributed by atoms with Crippen LogP contribution in [0.5, 0.6) is 11.5 Å². The predicted molar refractivity (Wildman–Crippen MR) is 58.6 cm³/mol. The van der Waals surface area contributed by atoms with Gasteiger partial charge in [-0.05, 0) is 38.5 Å². The van der Waals surface area contributed by atoms with Crippen LogP contribution in [-0.4, -0.2) is 11.7 Å². The maximum Gasteiger partial charge on any atom is 0.161 e. The first kappa shape index (κ1) is 10.6. The average Bonchev–Trinajstić information content (AvgIpc) is 2.10. The van der Waals surface area contributed by atoms with Crippen molar-refractivity contribution in [2.45, 2.75) is 20.8 Å². The SMILES string of the molecule is CCOc1cc(C=C(C)C)ccc1O. The van der Waals surface area contributed by atoms with Gasteiger partial charge in [0.15, 0.2) is 11.5 Å². The van der Waals surface area contributed by atoms with Gasteiger partial charge in [0.05, 0.1) is 6.61 Å². The van der Waals surface area contributed by atoms with Crippen LogP contribution in [0.3, 0.4) is 0 Å². The van der Waals surface area contributed by atoms with Crippen LogP contribution in [0.1, 0.15) is 26.3 Å². The predicted octanol–water partition coefficient (Wildman–Crippen LogP) is 3.21. The van der Waals surface area contributed by atoms with Gasteiger partial charge < -0.3 is 9.84 Å². The van der Waals surface area contributed by atoms with E-state index in [0.29, 0.717) is 12.4 Å². The molecule has 1 aromatic carbocycles. The average molecular weight is 192 g/mol. The van der Waals surface area contributed by atoms with Crippen LogP contribution >= 0.6 is 0 Å². The molecule has 0 spiro atoms. The topological polar surface area (TPSA) is 29.5 Å². The molecule has 0 aliphatic carbocycles. The lowest BCUT2D eigenvalue weighted by molar-refractivity contribution is 0.318. The number of ether oxygens (including phenoxy) is 1. The third kappa shape index (κ3) is 2.80. The van der Waals surface area contributed by atoms with E-state index >= 15 is 0 Å². The van der Waals surface area contributed by atoms with Gasteiger partial charge in [0.25, 0.3) is 0 Å². The molecule has 0 aliphatic heterocycles. The number of phenolic OH excluding ortho intramolecular Hbond substituents is 1. The molecule has 0 fully saturated rings. The zero-order valence-electron chi connectivity index (χ0n) is 8.87. The summed E-state index contributed by atoms with van der Waals surface area (Å²) in [6.45, 7) is 6.53. The summed E-state index contributed by atoms with van der Waals surface area (Å²) in [6.07, 6.45) is 2.04. The lowest BCUT2D eigenvalue weighted by Gasteiger charge is -2.06. The first-order valence-corrected chi connectivity index (χ1v) is 4.74. The number of allylic oxidation sites excluding steroid dienone is 1. The number of benzene rings is 1. The molecule has 14 heavy (non-hydrogen) atoms. The summed E-state index contributed by atoms with van der Waals surface area (Å²) in [5, 5.41) is 9.45. The molecule has 0 saturated carbocycles. The van der Waals surface area contributed by atoms with Crippen LogP contribution in [0.25, 0.3) is 6.08 Å². The molecule has 0 amide bonds. The van der Waals surface area contributed by atoms with E-state index < -0.39 is 0 Å². The Hall–Kier alpha value is -1.44. The van der Waals surface area contributed by atoms with Crippen molar-refractivity contribution in [3.63, 3.8) is 0 Å². The summed E-state index contributed by atoms with van der Waals surface area (Å²) in [7, 11) is 0. The summed E-state index contributed by atoms with van der Waals surface area (Å²) in [5.41, 5.74) is 2.27. The van der Waals surface area contributed by atoms with Crippen LogP contribution in [0.4, 0.5) is 0 Å². The van der Waals surface area contributed by atoms with E-state index in [1.54, 1.807) is 6.07 Å². The summed E-state index contributed by atoms with van der Waals surface area (Å²) >= 11 is 0. The lowest BCUT2D eigenvalue weighted by atomic mass is 10.1. The molecule has 1 aromatic rings. The molecule has 0 atom stereocenters. The van der Waals surface area contributed by atoms with Crippen molar-refractivity contribution in [1.82, 2.24) is 0 Å². The molecule has 1 rings (SSSR count). The summed E-state index contributed by atoms with van der Waals surface area (Å²) in [4.78, 5) is 0. The van der Waals surface area contributed by atoms with Gasteiger partial charge in [-0.2, -0.15) is 0 Å². The van der Waals surface area contributed by atoms with Gasteiger partial charge in [-0.1, -0.05) is 17.7 Å². The fourth-order valence-electron chi connectivity index (χ4n) is 1.22. The number of hydrogen-bond donors (Lipinski definition) is 1. The van der Waals surface area contributed by atoms with E-state index in [0.717, 1.165) is 5.56 Å². The Bertz CT molecular complexity index is 336. The summed E-state index contributed by atoms with van der Waals surface area (Å²) in [6, 6.07) is 5.36. The molecule has 0 radical (unpaired) electrons.